The van der Waals surface area contributed by atoms with Gasteiger partial charge in [-0.3, -0.25) is 0 Å². The van der Waals surface area contributed by atoms with Crippen LogP contribution in [-0.2, 0) is 22.8 Å². The van der Waals surface area contributed by atoms with Crippen molar-refractivity contribution in [1.82, 2.24) is 9.55 Å². The molecule has 4 aromatic rings. The number of aromatic nitrogens is 2. The van der Waals surface area contributed by atoms with E-state index in [0.29, 0.717) is 35.4 Å². The molecule has 2 N–H and O–H groups in total. The molecule has 1 aromatic heterocycles. The Morgan fingerprint density at radius 1 is 0.865 bits per heavy atom. The molecule has 0 bridgehead atoms. The number of hydrogen-bond donors (Lipinski definition) is 2. The molecule has 0 amide bonds. The summed E-state index contributed by atoms with van der Waals surface area (Å²) in [6.07, 6.45) is 1.96. The van der Waals surface area contributed by atoms with E-state index in [2.05, 4.69) is 4.98 Å². The van der Waals surface area contributed by atoms with E-state index in [1.165, 1.54) is 22.8 Å². The number of benzene rings is 3. The fourth-order valence-corrected chi connectivity index (χ4v) is 5.77. The van der Waals surface area contributed by atoms with Crippen LogP contribution in [-0.4, -0.2) is 40.1 Å². The maximum Gasteiger partial charge on any atom is 0.357 e. The Balaban J connectivity index is 1.81. The van der Waals surface area contributed by atoms with E-state index >= 15 is 0 Å². The number of aryl methyl sites for hydroxylation is 1. The number of unbranched alkanes of at least 4 members (excludes halogenated alkanes) is 1. The Kier molecular flexibility index (Phi) is 7.54. The van der Waals surface area contributed by atoms with Gasteiger partial charge in [-0.1, -0.05) is 74.0 Å². The predicted molar refractivity (Wildman–Crippen MR) is 138 cm³/mol. The number of sulfone groups is 1. The van der Waals surface area contributed by atoms with E-state index in [1.807, 2.05) is 6.92 Å². The molecule has 0 aliphatic rings. The minimum absolute atomic E-state index is 0.0127. The normalized spacial score (nSPS) is 11.4. The molecule has 4 rings (SSSR count). The molecule has 0 aliphatic carbocycles. The van der Waals surface area contributed by atoms with Crippen LogP contribution in [0.2, 0.25) is 0 Å². The predicted octanol–water partition coefficient (Wildman–Crippen LogP) is 5.17. The zero-order valence-corrected chi connectivity index (χ0v) is 21.0. The van der Waals surface area contributed by atoms with Crippen LogP contribution in [0.15, 0.2) is 88.8 Å². The van der Waals surface area contributed by atoms with Crippen LogP contribution < -0.4 is 0 Å². The van der Waals surface area contributed by atoms with Gasteiger partial charge in [-0.25, -0.2) is 23.0 Å². The average Bonchev–Trinajstić information content (AvgIpc) is 3.27. The van der Waals surface area contributed by atoms with Crippen molar-refractivity contribution in [2.24, 2.45) is 0 Å². The van der Waals surface area contributed by atoms with Crippen LogP contribution in [0.5, 0.6) is 0 Å². The highest BCUT2D eigenvalue weighted by atomic mass is 32.2. The zero-order chi connectivity index (χ0) is 26.6. The van der Waals surface area contributed by atoms with Gasteiger partial charge in [-0.05, 0) is 41.3 Å². The van der Waals surface area contributed by atoms with Gasteiger partial charge in [0.15, 0.2) is 10.7 Å². The quantitative estimate of drug-likeness (QED) is 0.296. The SMILES string of the molecule is CCCCc1nc(C(=O)O)c(S(=O)(=O)c2ccccc2)n1Cc1ccc(-c2ccccc2C(=O)O)cc1. The number of nitrogens with zero attached hydrogens (tertiary/aromatic N) is 2. The molecular formula is C28H26N2O6S. The average molecular weight is 519 g/mol. The minimum atomic E-state index is -4.18. The number of imidazole rings is 1. The van der Waals surface area contributed by atoms with E-state index in [9.17, 15) is 28.2 Å². The van der Waals surface area contributed by atoms with Crippen molar-refractivity contribution in [3.05, 3.63) is 102 Å². The number of carboxylic acids is 2. The third kappa shape index (κ3) is 5.31. The van der Waals surface area contributed by atoms with Crippen LogP contribution >= 0.6 is 0 Å². The maximum absolute atomic E-state index is 13.6. The Bertz CT molecular complexity index is 1540. The van der Waals surface area contributed by atoms with Crippen LogP contribution in [0.25, 0.3) is 11.1 Å². The van der Waals surface area contributed by atoms with Gasteiger partial charge in [0.1, 0.15) is 5.82 Å². The van der Waals surface area contributed by atoms with Crippen molar-refractivity contribution >= 4 is 21.8 Å². The monoisotopic (exact) mass is 518 g/mol. The number of carbonyl (C=O) groups is 2. The lowest BCUT2D eigenvalue weighted by molar-refractivity contribution is 0.0679. The van der Waals surface area contributed by atoms with Gasteiger partial charge in [-0.15, -0.1) is 0 Å². The summed E-state index contributed by atoms with van der Waals surface area (Å²) in [6, 6.07) is 21.5. The summed E-state index contributed by atoms with van der Waals surface area (Å²) in [4.78, 5) is 27.9. The van der Waals surface area contributed by atoms with E-state index in [-0.39, 0.29) is 22.0 Å². The van der Waals surface area contributed by atoms with E-state index < -0.39 is 27.5 Å². The zero-order valence-electron chi connectivity index (χ0n) is 20.2. The van der Waals surface area contributed by atoms with Gasteiger partial charge in [0.05, 0.1) is 17.0 Å². The van der Waals surface area contributed by atoms with E-state index in [0.717, 1.165) is 6.42 Å². The topological polar surface area (TPSA) is 127 Å². The van der Waals surface area contributed by atoms with E-state index in [1.54, 1.807) is 60.7 Å². The second-order valence-electron chi connectivity index (χ2n) is 8.54. The Hall–Kier alpha value is -4.24. The van der Waals surface area contributed by atoms with Gasteiger partial charge in [0.25, 0.3) is 0 Å². The first-order chi connectivity index (χ1) is 17.7. The van der Waals surface area contributed by atoms with Crippen molar-refractivity contribution in [3.8, 4) is 11.1 Å². The van der Waals surface area contributed by atoms with Crippen LogP contribution in [0.4, 0.5) is 0 Å². The molecule has 0 atom stereocenters. The van der Waals surface area contributed by atoms with Crippen LogP contribution in [0.1, 0.15) is 52.0 Å². The third-order valence-electron chi connectivity index (χ3n) is 6.03. The maximum atomic E-state index is 13.6. The molecule has 0 radical (unpaired) electrons. The Morgan fingerprint density at radius 3 is 2.14 bits per heavy atom. The van der Waals surface area contributed by atoms with Gasteiger partial charge in [0, 0.05) is 6.42 Å². The molecule has 0 saturated heterocycles. The molecule has 0 saturated carbocycles. The summed E-state index contributed by atoms with van der Waals surface area (Å²) in [5.74, 6) is -2.06. The second kappa shape index (κ2) is 10.8. The lowest BCUT2D eigenvalue weighted by Gasteiger charge is -2.14. The molecule has 0 aliphatic heterocycles. The summed E-state index contributed by atoms with van der Waals surface area (Å²) >= 11 is 0. The summed E-state index contributed by atoms with van der Waals surface area (Å²) in [6.45, 7) is 2.07. The van der Waals surface area contributed by atoms with E-state index in [4.69, 9.17) is 0 Å². The van der Waals surface area contributed by atoms with Crippen molar-refractivity contribution in [3.63, 3.8) is 0 Å². The highest BCUT2D eigenvalue weighted by molar-refractivity contribution is 7.91. The minimum Gasteiger partial charge on any atom is -0.478 e. The van der Waals surface area contributed by atoms with Gasteiger partial charge in [-0.2, -0.15) is 0 Å². The molecule has 190 valence electrons. The largest absolute Gasteiger partial charge is 0.478 e. The summed E-state index contributed by atoms with van der Waals surface area (Å²) in [5, 5.41) is 19.0. The fourth-order valence-electron chi connectivity index (χ4n) is 4.19. The van der Waals surface area contributed by atoms with Crippen LogP contribution in [0, 0.1) is 0 Å². The molecule has 1 heterocycles. The van der Waals surface area contributed by atoms with Gasteiger partial charge < -0.3 is 14.8 Å². The molecule has 0 unspecified atom stereocenters. The summed E-state index contributed by atoms with van der Waals surface area (Å²) < 4.78 is 28.7. The highest BCUT2D eigenvalue weighted by Crippen LogP contribution is 2.29. The molecule has 3 aromatic carbocycles. The number of hydrogen-bond acceptors (Lipinski definition) is 5. The highest BCUT2D eigenvalue weighted by Gasteiger charge is 2.32. The third-order valence-corrected chi connectivity index (χ3v) is 7.84. The molecule has 8 nitrogen and oxygen atoms in total. The standard InChI is InChI=1S/C28H26N2O6S/c1-2-3-13-24-29-25(28(33)34)26(37(35,36)21-9-5-4-6-10-21)30(24)18-19-14-16-20(17-15-19)22-11-7-8-12-23(22)27(31)32/h4-12,14-17H,2-3,13,18H2,1H3,(H,31,32)(H,33,34). The molecule has 0 spiro atoms. The van der Waals surface area contributed by atoms with Crippen molar-refractivity contribution in [2.75, 3.05) is 0 Å². The smallest absolute Gasteiger partial charge is 0.357 e. The second-order valence-corrected chi connectivity index (χ2v) is 10.4. The van der Waals surface area contributed by atoms with Crippen LogP contribution in [0.3, 0.4) is 0 Å². The first kappa shape index (κ1) is 25.8. The molecule has 9 heteroatoms. The number of aromatic carboxylic acids is 2. The van der Waals surface area contributed by atoms with Crippen molar-refractivity contribution in [2.45, 2.75) is 42.7 Å². The number of rotatable bonds is 10. The molecule has 0 fully saturated rings. The lowest BCUT2D eigenvalue weighted by Crippen LogP contribution is -2.16. The Morgan fingerprint density at radius 2 is 1.51 bits per heavy atom. The van der Waals surface area contributed by atoms with Crippen molar-refractivity contribution < 1.29 is 28.2 Å². The first-order valence-corrected chi connectivity index (χ1v) is 13.3. The molecule has 37 heavy (non-hydrogen) atoms. The fraction of sp³-hybridized carbons (Fsp3) is 0.179. The van der Waals surface area contributed by atoms with Gasteiger partial charge >= 0.3 is 11.9 Å². The summed E-state index contributed by atoms with van der Waals surface area (Å²) in [5.41, 5.74) is 1.65. The lowest BCUT2D eigenvalue weighted by atomic mass is 9.99. The van der Waals surface area contributed by atoms with Crippen molar-refractivity contribution in [1.29, 1.82) is 0 Å². The Labute approximate surface area is 214 Å². The number of carboxylic acid groups (broad SMARTS) is 2. The molecular weight excluding hydrogens is 492 g/mol. The first-order valence-electron chi connectivity index (χ1n) is 11.8. The summed E-state index contributed by atoms with van der Waals surface area (Å²) in [7, 11) is -4.18. The van der Waals surface area contributed by atoms with Gasteiger partial charge in [0.2, 0.25) is 9.84 Å².